The summed E-state index contributed by atoms with van der Waals surface area (Å²) in [5, 5.41) is 2.10. The fourth-order valence-corrected chi connectivity index (χ4v) is 2.38. The molecule has 2 aromatic heterocycles. The Hall–Kier alpha value is -1.46. The van der Waals surface area contributed by atoms with E-state index in [1.165, 1.54) is 4.88 Å². The van der Waals surface area contributed by atoms with Gasteiger partial charge in [-0.3, -0.25) is 0 Å². The van der Waals surface area contributed by atoms with Gasteiger partial charge in [0.2, 0.25) is 0 Å². The molecule has 0 aliphatic rings. The number of nitrogens with zero attached hydrogens (tertiary/aromatic N) is 3. The van der Waals surface area contributed by atoms with Crippen LogP contribution in [0.15, 0.2) is 30.0 Å². The minimum atomic E-state index is 0.472. The van der Waals surface area contributed by atoms with Gasteiger partial charge in [0, 0.05) is 36.8 Å². The first-order valence-electron chi connectivity index (χ1n) is 5.53. The van der Waals surface area contributed by atoms with Gasteiger partial charge in [-0.05, 0) is 17.9 Å². The third-order valence-corrected chi connectivity index (χ3v) is 3.56. The highest BCUT2D eigenvalue weighted by molar-refractivity contribution is 7.09. The maximum Gasteiger partial charge on any atom is 0.136 e. The summed E-state index contributed by atoms with van der Waals surface area (Å²) in [6.07, 6.45) is 4.38. The van der Waals surface area contributed by atoms with Crippen LogP contribution in [0.3, 0.4) is 0 Å². The van der Waals surface area contributed by atoms with E-state index in [1.807, 2.05) is 7.05 Å². The van der Waals surface area contributed by atoms with E-state index in [0.29, 0.717) is 6.54 Å². The number of hydrogen-bond acceptors (Lipinski definition) is 5. The average molecular weight is 248 g/mol. The molecule has 0 fully saturated rings. The van der Waals surface area contributed by atoms with E-state index in [1.54, 1.807) is 23.9 Å². The van der Waals surface area contributed by atoms with E-state index in [9.17, 15) is 0 Å². The molecule has 17 heavy (non-hydrogen) atoms. The van der Waals surface area contributed by atoms with E-state index in [2.05, 4.69) is 32.4 Å². The van der Waals surface area contributed by atoms with Crippen LogP contribution in [0, 0.1) is 0 Å². The second kappa shape index (κ2) is 5.75. The summed E-state index contributed by atoms with van der Waals surface area (Å²) in [7, 11) is 2.04. The quantitative estimate of drug-likeness (QED) is 0.874. The van der Waals surface area contributed by atoms with E-state index >= 15 is 0 Å². The molecule has 4 nitrogen and oxygen atoms in total. The lowest BCUT2D eigenvalue weighted by molar-refractivity contribution is 0.846. The lowest BCUT2D eigenvalue weighted by Gasteiger charge is -2.19. The molecule has 5 heteroatoms. The average Bonchev–Trinajstić information content (AvgIpc) is 2.89. The van der Waals surface area contributed by atoms with Crippen molar-refractivity contribution in [3.63, 3.8) is 0 Å². The predicted octanol–water partition coefficient (Wildman–Crippen LogP) is 1.68. The Bertz CT molecular complexity index is 455. The molecule has 0 saturated carbocycles. The summed E-state index contributed by atoms with van der Waals surface area (Å²) < 4.78 is 0. The molecule has 2 aromatic rings. The Kier molecular flexibility index (Phi) is 4.06. The summed E-state index contributed by atoms with van der Waals surface area (Å²) in [5.41, 5.74) is 6.66. The van der Waals surface area contributed by atoms with Crippen LogP contribution in [0.4, 0.5) is 5.82 Å². The Morgan fingerprint density at radius 2 is 2.35 bits per heavy atom. The topological polar surface area (TPSA) is 55.0 Å². The highest BCUT2D eigenvalue weighted by Crippen LogP contribution is 2.15. The van der Waals surface area contributed by atoms with Gasteiger partial charge in [0.1, 0.15) is 12.1 Å². The van der Waals surface area contributed by atoms with Gasteiger partial charge in [-0.15, -0.1) is 11.3 Å². The van der Waals surface area contributed by atoms with Gasteiger partial charge in [0.05, 0.1) is 0 Å². The predicted molar refractivity (Wildman–Crippen MR) is 71.2 cm³/mol. The summed E-state index contributed by atoms with van der Waals surface area (Å²) in [4.78, 5) is 11.8. The second-order valence-electron chi connectivity index (χ2n) is 3.83. The Morgan fingerprint density at radius 1 is 1.47 bits per heavy atom. The lowest BCUT2D eigenvalue weighted by atomic mass is 10.2. The molecule has 2 N–H and O–H groups in total. The summed E-state index contributed by atoms with van der Waals surface area (Å²) in [5.74, 6) is 0.930. The number of rotatable bonds is 5. The molecule has 0 bridgehead atoms. The van der Waals surface area contributed by atoms with Crippen molar-refractivity contribution < 1.29 is 0 Å². The van der Waals surface area contributed by atoms with Crippen LogP contribution < -0.4 is 10.6 Å². The molecule has 0 aliphatic carbocycles. The molecule has 0 aromatic carbocycles. The Morgan fingerprint density at radius 3 is 3.06 bits per heavy atom. The summed E-state index contributed by atoms with van der Waals surface area (Å²) >= 11 is 1.79. The first-order valence-corrected chi connectivity index (χ1v) is 6.41. The molecule has 0 unspecified atom stereocenters. The molecule has 0 aliphatic heterocycles. The summed E-state index contributed by atoms with van der Waals surface area (Å²) in [6, 6.07) is 4.23. The number of hydrogen-bond donors (Lipinski definition) is 1. The van der Waals surface area contributed by atoms with Gasteiger partial charge in [-0.25, -0.2) is 9.97 Å². The first kappa shape index (κ1) is 12.0. The zero-order chi connectivity index (χ0) is 12.1. The van der Waals surface area contributed by atoms with Crippen molar-refractivity contribution >= 4 is 17.2 Å². The van der Waals surface area contributed by atoms with Gasteiger partial charge in [-0.1, -0.05) is 6.07 Å². The molecule has 0 amide bonds. The largest absolute Gasteiger partial charge is 0.359 e. The maximum absolute atomic E-state index is 5.67. The third kappa shape index (κ3) is 3.01. The van der Waals surface area contributed by atoms with Crippen molar-refractivity contribution in [3.8, 4) is 0 Å². The SMILES string of the molecule is CN(CCc1cccs1)c1ncncc1CN. The zero-order valence-electron chi connectivity index (χ0n) is 9.84. The highest BCUT2D eigenvalue weighted by Gasteiger charge is 2.08. The van der Waals surface area contributed by atoms with Crippen molar-refractivity contribution in [2.45, 2.75) is 13.0 Å². The van der Waals surface area contributed by atoms with Crippen LogP contribution in [0.25, 0.3) is 0 Å². The van der Waals surface area contributed by atoms with Crippen molar-refractivity contribution in [2.24, 2.45) is 5.73 Å². The van der Waals surface area contributed by atoms with Crippen LogP contribution >= 0.6 is 11.3 Å². The normalized spacial score (nSPS) is 10.5. The highest BCUT2D eigenvalue weighted by atomic mass is 32.1. The van der Waals surface area contributed by atoms with Gasteiger partial charge in [0.15, 0.2) is 0 Å². The second-order valence-corrected chi connectivity index (χ2v) is 4.86. The number of thiophene rings is 1. The van der Waals surface area contributed by atoms with Crippen LogP contribution in [0.1, 0.15) is 10.4 Å². The minimum absolute atomic E-state index is 0.472. The standard InChI is InChI=1S/C12H16N4S/c1-16(5-4-11-3-2-6-17-11)12-10(7-13)8-14-9-15-12/h2-3,6,8-9H,4-5,7,13H2,1H3. The monoisotopic (exact) mass is 248 g/mol. The van der Waals surface area contributed by atoms with Crippen molar-refractivity contribution in [1.29, 1.82) is 0 Å². The van der Waals surface area contributed by atoms with Crippen molar-refractivity contribution in [1.82, 2.24) is 9.97 Å². The van der Waals surface area contributed by atoms with Crippen molar-refractivity contribution in [3.05, 3.63) is 40.5 Å². The molecule has 90 valence electrons. The van der Waals surface area contributed by atoms with Gasteiger partial charge in [-0.2, -0.15) is 0 Å². The van der Waals surface area contributed by atoms with E-state index in [-0.39, 0.29) is 0 Å². The Labute approximate surface area is 105 Å². The van der Waals surface area contributed by atoms with E-state index in [0.717, 1.165) is 24.3 Å². The van der Waals surface area contributed by atoms with Crippen molar-refractivity contribution in [2.75, 3.05) is 18.5 Å². The van der Waals surface area contributed by atoms with Crippen LogP contribution in [0.2, 0.25) is 0 Å². The molecule has 0 atom stereocenters. The fraction of sp³-hybridized carbons (Fsp3) is 0.333. The Balaban J connectivity index is 2.01. The molecular formula is C12H16N4S. The first-order chi connectivity index (χ1) is 8.31. The molecular weight excluding hydrogens is 232 g/mol. The van der Waals surface area contributed by atoms with Crippen LogP contribution in [-0.4, -0.2) is 23.6 Å². The molecule has 0 radical (unpaired) electrons. The third-order valence-electron chi connectivity index (χ3n) is 2.62. The maximum atomic E-state index is 5.67. The van der Waals surface area contributed by atoms with Crippen LogP contribution in [-0.2, 0) is 13.0 Å². The van der Waals surface area contributed by atoms with Gasteiger partial charge in [0.25, 0.3) is 0 Å². The van der Waals surface area contributed by atoms with E-state index < -0.39 is 0 Å². The molecule has 0 spiro atoms. The number of nitrogens with two attached hydrogens (primary N) is 1. The number of aromatic nitrogens is 2. The molecule has 2 rings (SSSR count). The number of likely N-dealkylation sites (N-methyl/N-ethyl adjacent to an activating group) is 1. The van der Waals surface area contributed by atoms with Gasteiger partial charge >= 0.3 is 0 Å². The van der Waals surface area contributed by atoms with Crippen LogP contribution in [0.5, 0.6) is 0 Å². The summed E-state index contributed by atoms with van der Waals surface area (Å²) in [6.45, 7) is 1.41. The van der Waals surface area contributed by atoms with Gasteiger partial charge < -0.3 is 10.6 Å². The lowest BCUT2D eigenvalue weighted by Crippen LogP contribution is -2.23. The smallest absolute Gasteiger partial charge is 0.136 e. The minimum Gasteiger partial charge on any atom is -0.359 e. The zero-order valence-corrected chi connectivity index (χ0v) is 10.7. The molecule has 0 saturated heterocycles. The van der Waals surface area contributed by atoms with E-state index in [4.69, 9.17) is 5.73 Å². The number of anilines is 1. The molecule has 2 heterocycles. The fourth-order valence-electron chi connectivity index (χ4n) is 1.68.